The van der Waals surface area contributed by atoms with Gasteiger partial charge in [0.1, 0.15) is 17.3 Å². The highest BCUT2D eigenvalue weighted by Crippen LogP contribution is 2.29. The Labute approximate surface area is 109 Å². The number of furan rings is 1. The summed E-state index contributed by atoms with van der Waals surface area (Å²) in [4.78, 5) is 0. The molecular formula is C14H14F3NO. The van der Waals surface area contributed by atoms with E-state index in [1.54, 1.807) is 19.2 Å². The molecule has 0 radical (unpaired) electrons. The topological polar surface area (TPSA) is 25.2 Å². The zero-order chi connectivity index (χ0) is 14.0. The van der Waals surface area contributed by atoms with Gasteiger partial charge in [-0.2, -0.15) is 0 Å². The van der Waals surface area contributed by atoms with Gasteiger partial charge in [-0.1, -0.05) is 6.92 Å². The van der Waals surface area contributed by atoms with E-state index < -0.39 is 17.5 Å². The predicted molar refractivity (Wildman–Crippen MR) is 66.1 cm³/mol. The highest BCUT2D eigenvalue weighted by atomic mass is 19.2. The first-order valence-electron chi connectivity index (χ1n) is 5.98. The number of benzene rings is 1. The lowest BCUT2D eigenvalue weighted by molar-refractivity contribution is 0.429. The molecule has 19 heavy (non-hydrogen) atoms. The van der Waals surface area contributed by atoms with Crippen LogP contribution in [0, 0.1) is 17.5 Å². The van der Waals surface area contributed by atoms with E-state index in [2.05, 4.69) is 5.32 Å². The molecule has 1 unspecified atom stereocenters. The summed E-state index contributed by atoms with van der Waals surface area (Å²) < 4.78 is 45.1. The molecule has 0 aliphatic carbocycles. The van der Waals surface area contributed by atoms with Gasteiger partial charge in [-0.05, 0) is 31.7 Å². The Morgan fingerprint density at radius 3 is 2.42 bits per heavy atom. The van der Waals surface area contributed by atoms with Crippen molar-refractivity contribution in [1.29, 1.82) is 0 Å². The Balaban J connectivity index is 2.40. The zero-order valence-electron chi connectivity index (χ0n) is 10.6. The predicted octanol–water partition coefficient (Wildman–Crippen LogP) is 4.03. The van der Waals surface area contributed by atoms with Crippen molar-refractivity contribution in [3.05, 3.63) is 47.5 Å². The molecule has 1 N–H and O–H groups in total. The molecule has 5 heteroatoms. The van der Waals surface area contributed by atoms with Crippen LogP contribution in [-0.4, -0.2) is 7.05 Å². The maximum atomic E-state index is 13.6. The van der Waals surface area contributed by atoms with Crippen LogP contribution in [0.1, 0.15) is 25.1 Å². The number of nitrogens with one attached hydrogen (secondary N) is 1. The third kappa shape index (κ3) is 2.66. The fourth-order valence-electron chi connectivity index (χ4n) is 1.94. The van der Waals surface area contributed by atoms with Crippen molar-refractivity contribution < 1.29 is 17.6 Å². The Morgan fingerprint density at radius 2 is 1.79 bits per heavy atom. The fourth-order valence-corrected chi connectivity index (χ4v) is 1.94. The Bertz CT molecular complexity index is 576. The van der Waals surface area contributed by atoms with Gasteiger partial charge >= 0.3 is 0 Å². The average molecular weight is 269 g/mol. The summed E-state index contributed by atoms with van der Waals surface area (Å²) in [6.45, 7) is 1.97. The van der Waals surface area contributed by atoms with Crippen LogP contribution in [0.3, 0.4) is 0 Å². The summed E-state index contributed by atoms with van der Waals surface area (Å²) >= 11 is 0. The number of rotatable bonds is 4. The fraction of sp³-hybridized carbons (Fsp3) is 0.286. The van der Waals surface area contributed by atoms with Gasteiger partial charge in [-0.3, -0.25) is 0 Å². The van der Waals surface area contributed by atoms with E-state index in [0.29, 0.717) is 11.8 Å². The smallest absolute Gasteiger partial charge is 0.161 e. The molecule has 0 spiro atoms. The Hall–Kier alpha value is -1.75. The maximum absolute atomic E-state index is 13.6. The highest BCUT2D eigenvalue weighted by molar-refractivity contribution is 5.58. The maximum Gasteiger partial charge on any atom is 0.161 e. The summed E-state index contributed by atoms with van der Waals surface area (Å²) in [5.41, 5.74) is -0.0869. The van der Waals surface area contributed by atoms with Gasteiger partial charge in [0.05, 0.1) is 11.6 Å². The van der Waals surface area contributed by atoms with E-state index in [4.69, 9.17) is 4.42 Å². The number of halogens is 3. The lowest BCUT2D eigenvalue weighted by atomic mass is 10.1. The van der Waals surface area contributed by atoms with E-state index in [1.165, 1.54) is 0 Å². The minimum absolute atomic E-state index is 0.00195. The summed E-state index contributed by atoms with van der Waals surface area (Å²) in [5, 5.41) is 3.05. The first-order valence-corrected chi connectivity index (χ1v) is 5.98. The number of hydrogen-bond acceptors (Lipinski definition) is 2. The normalized spacial score (nSPS) is 12.7. The van der Waals surface area contributed by atoms with Crippen molar-refractivity contribution in [3.8, 4) is 11.3 Å². The summed E-state index contributed by atoms with van der Waals surface area (Å²) in [7, 11) is 1.79. The average Bonchev–Trinajstić information content (AvgIpc) is 2.85. The van der Waals surface area contributed by atoms with Crippen LogP contribution in [0.15, 0.2) is 28.7 Å². The van der Waals surface area contributed by atoms with Crippen LogP contribution < -0.4 is 5.32 Å². The van der Waals surface area contributed by atoms with Gasteiger partial charge in [-0.15, -0.1) is 0 Å². The second kappa shape index (κ2) is 5.48. The molecule has 0 saturated heterocycles. The second-order valence-corrected chi connectivity index (χ2v) is 4.20. The molecule has 2 rings (SSSR count). The van der Waals surface area contributed by atoms with Gasteiger partial charge in [0.15, 0.2) is 11.6 Å². The Kier molecular flexibility index (Phi) is 3.95. The second-order valence-electron chi connectivity index (χ2n) is 4.20. The van der Waals surface area contributed by atoms with Crippen LogP contribution in [0.5, 0.6) is 0 Å². The molecule has 102 valence electrons. The molecule has 1 aromatic carbocycles. The van der Waals surface area contributed by atoms with E-state index in [1.807, 2.05) is 6.92 Å². The Morgan fingerprint density at radius 1 is 1.11 bits per heavy atom. The molecule has 1 heterocycles. The molecule has 0 bridgehead atoms. The van der Waals surface area contributed by atoms with Crippen molar-refractivity contribution in [2.75, 3.05) is 7.05 Å². The molecule has 0 amide bonds. The van der Waals surface area contributed by atoms with Crippen molar-refractivity contribution in [1.82, 2.24) is 5.32 Å². The van der Waals surface area contributed by atoms with Gasteiger partial charge in [0, 0.05) is 6.07 Å². The van der Waals surface area contributed by atoms with E-state index in [9.17, 15) is 13.2 Å². The van der Waals surface area contributed by atoms with Crippen LogP contribution in [-0.2, 0) is 0 Å². The SMILES string of the molecule is CCC(NC)c1ccc(-c2cc(F)c(F)cc2F)o1. The molecule has 2 nitrogen and oxygen atoms in total. The van der Waals surface area contributed by atoms with Crippen molar-refractivity contribution in [2.45, 2.75) is 19.4 Å². The van der Waals surface area contributed by atoms with Crippen molar-refractivity contribution >= 4 is 0 Å². The highest BCUT2D eigenvalue weighted by Gasteiger charge is 2.17. The number of hydrogen-bond donors (Lipinski definition) is 1. The van der Waals surface area contributed by atoms with Crippen LogP contribution in [0.25, 0.3) is 11.3 Å². The third-order valence-corrected chi connectivity index (χ3v) is 3.00. The lowest BCUT2D eigenvalue weighted by Crippen LogP contribution is -2.14. The summed E-state index contributed by atoms with van der Waals surface area (Å²) in [5.74, 6) is -2.36. The lowest BCUT2D eigenvalue weighted by Gasteiger charge is -2.10. The first kappa shape index (κ1) is 13.7. The van der Waals surface area contributed by atoms with Gasteiger partial charge in [-0.25, -0.2) is 13.2 Å². The molecule has 1 atom stereocenters. The summed E-state index contributed by atoms with van der Waals surface area (Å²) in [6, 6.07) is 4.56. The molecule has 0 aliphatic heterocycles. The van der Waals surface area contributed by atoms with Crippen LogP contribution in [0.4, 0.5) is 13.2 Å². The van der Waals surface area contributed by atoms with Gasteiger partial charge < -0.3 is 9.73 Å². The largest absolute Gasteiger partial charge is 0.459 e. The van der Waals surface area contributed by atoms with Crippen molar-refractivity contribution in [2.24, 2.45) is 0 Å². The monoisotopic (exact) mass is 269 g/mol. The van der Waals surface area contributed by atoms with Gasteiger partial charge in [0.25, 0.3) is 0 Å². The molecule has 0 fully saturated rings. The molecule has 0 saturated carbocycles. The van der Waals surface area contributed by atoms with Crippen LogP contribution >= 0.6 is 0 Å². The van der Waals surface area contributed by atoms with E-state index >= 15 is 0 Å². The molecule has 0 aliphatic rings. The molecule has 1 aromatic heterocycles. The van der Waals surface area contributed by atoms with Crippen molar-refractivity contribution in [3.63, 3.8) is 0 Å². The van der Waals surface area contributed by atoms with Gasteiger partial charge in [0.2, 0.25) is 0 Å². The molecular weight excluding hydrogens is 255 g/mol. The summed E-state index contributed by atoms with van der Waals surface area (Å²) in [6.07, 6.45) is 0.795. The standard InChI is InChI=1S/C14H14F3NO/c1-3-12(18-2)14-5-4-13(19-14)8-6-10(16)11(17)7-9(8)15/h4-7,12,18H,3H2,1-2H3. The first-order chi connectivity index (χ1) is 9.06. The van der Waals surface area contributed by atoms with E-state index in [0.717, 1.165) is 12.5 Å². The quantitative estimate of drug-likeness (QED) is 0.847. The zero-order valence-corrected chi connectivity index (χ0v) is 10.6. The third-order valence-electron chi connectivity index (χ3n) is 3.00. The minimum atomic E-state index is -1.21. The minimum Gasteiger partial charge on any atom is -0.459 e. The van der Waals surface area contributed by atoms with Crippen LogP contribution in [0.2, 0.25) is 0 Å². The van der Waals surface area contributed by atoms with E-state index in [-0.39, 0.29) is 17.4 Å². The molecule has 2 aromatic rings.